The number of hydrogen-bond donors (Lipinski definition) is 1. The van der Waals surface area contributed by atoms with Crippen molar-refractivity contribution in [3.05, 3.63) is 59.2 Å². The Hall–Kier alpha value is -3.02. The third kappa shape index (κ3) is 3.79. The van der Waals surface area contributed by atoms with Gasteiger partial charge in [-0.05, 0) is 25.1 Å². The predicted octanol–water partition coefficient (Wildman–Crippen LogP) is 2.49. The van der Waals surface area contributed by atoms with E-state index < -0.39 is 5.97 Å². The second-order valence-electron chi connectivity index (χ2n) is 4.76. The SMILES string of the molecule is COc1cccc(OC)c1C(=O)ON=C(N)c1cccc(C)c1. The largest absolute Gasteiger partial charge is 0.496 e. The number of carbonyl (C=O) groups excluding carboxylic acids is 1. The summed E-state index contributed by atoms with van der Waals surface area (Å²) >= 11 is 0. The molecule has 6 heteroatoms. The van der Waals surface area contributed by atoms with Gasteiger partial charge in [0.1, 0.15) is 17.1 Å². The first-order valence-corrected chi connectivity index (χ1v) is 6.89. The normalized spacial score (nSPS) is 11.0. The Bertz CT molecular complexity index is 719. The van der Waals surface area contributed by atoms with Gasteiger partial charge in [0, 0.05) is 5.56 Å². The average molecular weight is 314 g/mol. The third-order valence-electron chi connectivity index (χ3n) is 3.17. The topological polar surface area (TPSA) is 83.1 Å². The van der Waals surface area contributed by atoms with Crippen molar-refractivity contribution >= 4 is 11.8 Å². The average Bonchev–Trinajstić information content (AvgIpc) is 2.58. The van der Waals surface area contributed by atoms with E-state index in [9.17, 15) is 4.79 Å². The van der Waals surface area contributed by atoms with Gasteiger partial charge in [0.05, 0.1) is 14.2 Å². The summed E-state index contributed by atoms with van der Waals surface area (Å²) in [5.41, 5.74) is 7.69. The molecule has 2 aromatic carbocycles. The first kappa shape index (κ1) is 16.4. The van der Waals surface area contributed by atoms with Crippen LogP contribution in [0.25, 0.3) is 0 Å². The van der Waals surface area contributed by atoms with Gasteiger partial charge in [-0.2, -0.15) is 0 Å². The molecule has 2 rings (SSSR count). The van der Waals surface area contributed by atoms with Gasteiger partial charge in [-0.1, -0.05) is 35.0 Å². The van der Waals surface area contributed by atoms with E-state index in [-0.39, 0.29) is 11.4 Å². The first-order valence-electron chi connectivity index (χ1n) is 6.89. The molecule has 0 heterocycles. The maximum absolute atomic E-state index is 12.3. The zero-order valence-electron chi connectivity index (χ0n) is 13.2. The van der Waals surface area contributed by atoms with Crippen LogP contribution in [-0.4, -0.2) is 26.0 Å². The van der Waals surface area contributed by atoms with Crippen molar-refractivity contribution in [1.82, 2.24) is 0 Å². The molecule has 0 spiro atoms. The molecular weight excluding hydrogens is 296 g/mol. The van der Waals surface area contributed by atoms with Crippen LogP contribution in [0.4, 0.5) is 0 Å². The molecule has 0 fully saturated rings. The number of nitrogens with two attached hydrogens (primary N) is 1. The fourth-order valence-electron chi connectivity index (χ4n) is 2.05. The monoisotopic (exact) mass is 314 g/mol. The van der Waals surface area contributed by atoms with Crippen molar-refractivity contribution in [3.63, 3.8) is 0 Å². The molecule has 0 aliphatic rings. The summed E-state index contributed by atoms with van der Waals surface area (Å²) < 4.78 is 10.3. The molecule has 2 N–H and O–H groups in total. The number of rotatable bonds is 5. The minimum absolute atomic E-state index is 0.107. The maximum Gasteiger partial charge on any atom is 0.373 e. The Morgan fingerprint density at radius 3 is 2.22 bits per heavy atom. The van der Waals surface area contributed by atoms with E-state index in [2.05, 4.69) is 5.16 Å². The quantitative estimate of drug-likeness (QED) is 0.397. The highest BCUT2D eigenvalue weighted by atomic mass is 16.7. The fraction of sp³-hybridized carbons (Fsp3) is 0.176. The van der Waals surface area contributed by atoms with Gasteiger partial charge in [-0.25, -0.2) is 4.79 Å². The molecule has 0 saturated heterocycles. The van der Waals surface area contributed by atoms with Gasteiger partial charge < -0.3 is 20.0 Å². The van der Waals surface area contributed by atoms with Gasteiger partial charge >= 0.3 is 5.97 Å². The lowest BCUT2D eigenvalue weighted by Gasteiger charge is -2.10. The van der Waals surface area contributed by atoms with Crippen molar-refractivity contribution in [2.24, 2.45) is 10.9 Å². The zero-order valence-corrected chi connectivity index (χ0v) is 13.2. The smallest absolute Gasteiger partial charge is 0.373 e. The summed E-state index contributed by atoms with van der Waals surface area (Å²) in [5, 5.41) is 3.70. The van der Waals surface area contributed by atoms with Crippen LogP contribution in [0.5, 0.6) is 11.5 Å². The summed E-state index contributed by atoms with van der Waals surface area (Å²) in [6.07, 6.45) is 0. The molecule has 120 valence electrons. The van der Waals surface area contributed by atoms with E-state index in [1.165, 1.54) is 14.2 Å². The van der Waals surface area contributed by atoms with Gasteiger partial charge in [-0.15, -0.1) is 0 Å². The molecule has 0 amide bonds. The highest BCUT2D eigenvalue weighted by Crippen LogP contribution is 2.28. The lowest BCUT2D eigenvalue weighted by atomic mass is 10.1. The van der Waals surface area contributed by atoms with Crippen LogP contribution in [0.3, 0.4) is 0 Å². The number of amidine groups is 1. The van der Waals surface area contributed by atoms with Crippen LogP contribution in [0.1, 0.15) is 21.5 Å². The Morgan fingerprint density at radius 1 is 1.04 bits per heavy atom. The Balaban J connectivity index is 2.24. The molecule has 0 unspecified atom stereocenters. The van der Waals surface area contributed by atoms with Crippen LogP contribution in [-0.2, 0) is 4.84 Å². The second-order valence-corrected chi connectivity index (χ2v) is 4.76. The summed E-state index contributed by atoms with van der Waals surface area (Å²) in [6.45, 7) is 1.93. The highest BCUT2D eigenvalue weighted by molar-refractivity contribution is 5.99. The van der Waals surface area contributed by atoms with Crippen LogP contribution in [0, 0.1) is 6.92 Å². The van der Waals surface area contributed by atoms with Gasteiger partial charge in [0.15, 0.2) is 5.84 Å². The van der Waals surface area contributed by atoms with Gasteiger partial charge in [0.2, 0.25) is 0 Å². The molecule has 0 aliphatic heterocycles. The number of aryl methyl sites for hydroxylation is 1. The molecular formula is C17H18N2O4. The molecule has 2 aromatic rings. The Kier molecular flexibility index (Phi) is 5.19. The summed E-state index contributed by atoms with van der Waals surface area (Å²) in [5.74, 6) is 0.0585. The highest BCUT2D eigenvalue weighted by Gasteiger charge is 2.20. The minimum Gasteiger partial charge on any atom is -0.496 e. The molecule has 6 nitrogen and oxygen atoms in total. The lowest BCUT2D eigenvalue weighted by molar-refractivity contribution is 0.0508. The van der Waals surface area contributed by atoms with Crippen molar-refractivity contribution in [3.8, 4) is 11.5 Å². The van der Waals surface area contributed by atoms with E-state index >= 15 is 0 Å². The van der Waals surface area contributed by atoms with Gasteiger partial charge in [-0.3, -0.25) is 0 Å². The molecule has 0 radical (unpaired) electrons. The molecule has 0 aliphatic carbocycles. The van der Waals surface area contributed by atoms with Gasteiger partial charge in [0.25, 0.3) is 0 Å². The number of ether oxygens (including phenoxy) is 2. The summed E-state index contributed by atoms with van der Waals surface area (Å²) in [6, 6.07) is 12.4. The zero-order chi connectivity index (χ0) is 16.8. The van der Waals surface area contributed by atoms with Crippen LogP contribution in [0.2, 0.25) is 0 Å². The summed E-state index contributed by atoms with van der Waals surface area (Å²) in [4.78, 5) is 17.2. The van der Waals surface area contributed by atoms with E-state index in [1.807, 2.05) is 25.1 Å². The number of benzene rings is 2. The number of nitrogens with zero attached hydrogens (tertiary/aromatic N) is 1. The van der Waals surface area contributed by atoms with Crippen LogP contribution >= 0.6 is 0 Å². The molecule has 0 atom stereocenters. The predicted molar refractivity (Wildman–Crippen MR) is 86.9 cm³/mol. The molecule has 0 bridgehead atoms. The van der Waals surface area contributed by atoms with E-state index in [0.29, 0.717) is 17.1 Å². The fourth-order valence-corrected chi connectivity index (χ4v) is 2.05. The first-order chi connectivity index (χ1) is 11.1. The number of methoxy groups -OCH3 is 2. The second kappa shape index (κ2) is 7.31. The maximum atomic E-state index is 12.3. The Morgan fingerprint density at radius 2 is 1.65 bits per heavy atom. The van der Waals surface area contributed by atoms with Crippen molar-refractivity contribution in [1.29, 1.82) is 0 Å². The van der Waals surface area contributed by atoms with E-state index in [0.717, 1.165) is 5.56 Å². The van der Waals surface area contributed by atoms with Crippen LogP contribution < -0.4 is 15.2 Å². The third-order valence-corrected chi connectivity index (χ3v) is 3.17. The van der Waals surface area contributed by atoms with Crippen molar-refractivity contribution in [2.75, 3.05) is 14.2 Å². The van der Waals surface area contributed by atoms with Crippen LogP contribution in [0.15, 0.2) is 47.6 Å². The van der Waals surface area contributed by atoms with Crippen molar-refractivity contribution in [2.45, 2.75) is 6.92 Å². The molecule has 0 saturated carbocycles. The lowest BCUT2D eigenvalue weighted by Crippen LogP contribution is -2.16. The van der Waals surface area contributed by atoms with E-state index in [4.69, 9.17) is 20.0 Å². The number of oxime groups is 1. The summed E-state index contributed by atoms with van der Waals surface area (Å²) in [7, 11) is 2.91. The minimum atomic E-state index is -0.713. The number of hydrogen-bond acceptors (Lipinski definition) is 5. The number of carbonyl (C=O) groups is 1. The standard InChI is InChI=1S/C17H18N2O4/c1-11-6-4-7-12(10-11)16(18)19-23-17(20)15-13(21-2)8-5-9-14(15)22-3/h4-10H,1-3H3,(H2,18,19). The van der Waals surface area contributed by atoms with E-state index in [1.54, 1.807) is 24.3 Å². The Labute approximate surface area is 134 Å². The van der Waals surface area contributed by atoms with Crippen molar-refractivity contribution < 1.29 is 19.1 Å². The molecule has 23 heavy (non-hydrogen) atoms. The molecule has 0 aromatic heterocycles.